The number of nitrogens with zero attached hydrogens (tertiary/aromatic N) is 2. The second kappa shape index (κ2) is 9.03. The summed E-state index contributed by atoms with van der Waals surface area (Å²) in [6, 6.07) is 15.8. The van der Waals surface area contributed by atoms with Gasteiger partial charge >= 0.3 is 0 Å². The molecule has 0 bridgehead atoms. The number of methoxy groups -OCH3 is 1. The Morgan fingerprint density at radius 1 is 1.07 bits per heavy atom. The number of carbonyl (C=O) groups excluding carboxylic acids is 1. The largest absolute Gasteiger partial charge is 0.497 e. The number of amides is 1. The molecule has 0 radical (unpaired) electrons. The standard InChI is InChI=1S/C22H25N3O2/c1-17-23-14-15-25(17)16-19-5-9-20(10-6-19)22(26)24-13-3-4-18-7-11-21(27-2)12-8-18/h5-12,14-15H,3-4,13,16H2,1-2H3,(H,24,26). The summed E-state index contributed by atoms with van der Waals surface area (Å²) in [4.78, 5) is 16.5. The number of hydrogen-bond acceptors (Lipinski definition) is 3. The van der Waals surface area contributed by atoms with Gasteiger partial charge < -0.3 is 14.6 Å². The summed E-state index contributed by atoms with van der Waals surface area (Å²) in [7, 11) is 1.66. The lowest BCUT2D eigenvalue weighted by Crippen LogP contribution is -2.24. The van der Waals surface area contributed by atoms with E-state index in [1.807, 2.05) is 49.5 Å². The summed E-state index contributed by atoms with van der Waals surface area (Å²) >= 11 is 0. The highest BCUT2D eigenvalue weighted by atomic mass is 16.5. The van der Waals surface area contributed by atoms with Gasteiger partial charge in [0.25, 0.3) is 5.91 Å². The lowest BCUT2D eigenvalue weighted by Gasteiger charge is -2.08. The van der Waals surface area contributed by atoms with Crippen molar-refractivity contribution in [1.29, 1.82) is 0 Å². The van der Waals surface area contributed by atoms with Crippen LogP contribution >= 0.6 is 0 Å². The lowest BCUT2D eigenvalue weighted by atomic mass is 10.1. The fraction of sp³-hybridized carbons (Fsp3) is 0.273. The maximum absolute atomic E-state index is 12.3. The molecule has 0 aliphatic rings. The van der Waals surface area contributed by atoms with Crippen molar-refractivity contribution in [3.63, 3.8) is 0 Å². The molecule has 3 rings (SSSR count). The zero-order valence-corrected chi connectivity index (χ0v) is 15.8. The van der Waals surface area contributed by atoms with Gasteiger partial charge in [0.1, 0.15) is 11.6 Å². The topological polar surface area (TPSA) is 56.1 Å². The average Bonchev–Trinajstić information content (AvgIpc) is 3.10. The molecule has 5 nitrogen and oxygen atoms in total. The number of aromatic nitrogens is 2. The van der Waals surface area contributed by atoms with Crippen LogP contribution in [0.25, 0.3) is 0 Å². The molecule has 140 valence electrons. The molecule has 0 aliphatic carbocycles. The average molecular weight is 363 g/mol. The summed E-state index contributed by atoms with van der Waals surface area (Å²) in [6.07, 6.45) is 5.57. The number of benzene rings is 2. The molecule has 0 aliphatic heterocycles. The van der Waals surface area contributed by atoms with Crippen molar-refractivity contribution in [2.24, 2.45) is 0 Å². The molecule has 3 aromatic rings. The zero-order valence-electron chi connectivity index (χ0n) is 15.8. The van der Waals surface area contributed by atoms with Gasteiger partial charge in [0.05, 0.1) is 7.11 Å². The third kappa shape index (κ3) is 5.20. The quantitative estimate of drug-likeness (QED) is 0.622. The number of aryl methyl sites for hydroxylation is 2. The summed E-state index contributed by atoms with van der Waals surface area (Å²) in [5, 5.41) is 2.99. The van der Waals surface area contributed by atoms with E-state index in [-0.39, 0.29) is 5.91 Å². The highest BCUT2D eigenvalue weighted by molar-refractivity contribution is 5.94. The molecular weight excluding hydrogens is 338 g/mol. The SMILES string of the molecule is COc1ccc(CCCNC(=O)c2ccc(Cn3ccnc3C)cc2)cc1. The molecule has 5 heteroatoms. The lowest BCUT2D eigenvalue weighted by molar-refractivity contribution is 0.0953. The van der Waals surface area contributed by atoms with Crippen molar-refractivity contribution < 1.29 is 9.53 Å². The van der Waals surface area contributed by atoms with Crippen molar-refractivity contribution in [3.05, 3.63) is 83.4 Å². The van der Waals surface area contributed by atoms with Crippen molar-refractivity contribution in [1.82, 2.24) is 14.9 Å². The molecular formula is C22H25N3O2. The zero-order chi connectivity index (χ0) is 19.1. The minimum absolute atomic E-state index is 0.0323. The monoisotopic (exact) mass is 363 g/mol. The molecule has 1 heterocycles. The van der Waals surface area contributed by atoms with Gasteiger partial charge in [-0.3, -0.25) is 4.79 Å². The van der Waals surface area contributed by atoms with Crippen LogP contribution in [0.2, 0.25) is 0 Å². The van der Waals surface area contributed by atoms with Gasteiger partial charge in [-0.25, -0.2) is 4.98 Å². The third-order valence-electron chi connectivity index (χ3n) is 4.58. The molecule has 1 aromatic heterocycles. The maximum atomic E-state index is 12.3. The van der Waals surface area contributed by atoms with Gasteiger partial charge in [0, 0.05) is 31.0 Å². The number of hydrogen-bond donors (Lipinski definition) is 1. The van der Waals surface area contributed by atoms with Crippen molar-refractivity contribution in [2.75, 3.05) is 13.7 Å². The number of rotatable bonds is 8. The molecule has 0 saturated carbocycles. The summed E-state index contributed by atoms with van der Waals surface area (Å²) in [6.45, 7) is 3.39. The van der Waals surface area contributed by atoms with Gasteiger partial charge in [-0.05, 0) is 55.2 Å². The number of nitrogens with one attached hydrogen (secondary N) is 1. The molecule has 0 spiro atoms. The Hall–Kier alpha value is -3.08. The normalized spacial score (nSPS) is 10.6. The van der Waals surface area contributed by atoms with Gasteiger partial charge in [-0.2, -0.15) is 0 Å². The predicted molar refractivity (Wildman–Crippen MR) is 106 cm³/mol. The molecule has 0 atom stereocenters. The van der Waals surface area contributed by atoms with E-state index in [1.165, 1.54) is 5.56 Å². The van der Waals surface area contributed by atoms with E-state index in [2.05, 4.69) is 27.0 Å². The van der Waals surface area contributed by atoms with Crippen LogP contribution in [0.1, 0.15) is 33.7 Å². The molecule has 27 heavy (non-hydrogen) atoms. The first-order valence-electron chi connectivity index (χ1n) is 9.13. The van der Waals surface area contributed by atoms with Crippen LogP contribution in [-0.2, 0) is 13.0 Å². The molecule has 0 fully saturated rings. The van der Waals surface area contributed by atoms with Crippen molar-refractivity contribution in [2.45, 2.75) is 26.3 Å². The molecule has 1 amide bonds. The second-order valence-corrected chi connectivity index (χ2v) is 6.51. The number of carbonyl (C=O) groups is 1. The van der Waals surface area contributed by atoms with Crippen LogP contribution < -0.4 is 10.1 Å². The van der Waals surface area contributed by atoms with Crippen LogP contribution in [0.5, 0.6) is 5.75 Å². The first-order chi connectivity index (χ1) is 13.2. The summed E-state index contributed by atoms with van der Waals surface area (Å²) in [5.74, 6) is 1.81. The van der Waals surface area contributed by atoms with E-state index in [1.54, 1.807) is 13.3 Å². The molecule has 0 saturated heterocycles. The van der Waals surface area contributed by atoms with Crippen LogP contribution in [0.4, 0.5) is 0 Å². The number of ether oxygens (including phenoxy) is 1. The van der Waals surface area contributed by atoms with Crippen LogP contribution in [-0.4, -0.2) is 29.1 Å². The molecule has 2 aromatic carbocycles. The van der Waals surface area contributed by atoms with E-state index >= 15 is 0 Å². The van der Waals surface area contributed by atoms with Crippen molar-refractivity contribution >= 4 is 5.91 Å². The Morgan fingerprint density at radius 3 is 2.41 bits per heavy atom. The van der Waals surface area contributed by atoms with Gasteiger partial charge in [0.2, 0.25) is 0 Å². The Balaban J connectivity index is 1.44. The van der Waals surface area contributed by atoms with Crippen LogP contribution in [0.3, 0.4) is 0 Å². The first-order valence-corrected chi connectivity index (χ1v) is 9.13. The predicted octanol–water partition coefficient (Wildman–Crippen LogP) is 3.61. The fourth-order valence-corrected chi connectivity index (χ4v) is 2.92. The van der Waals surface area contributed by atoms with Crippen molar-refractivity contribution in [3.8, 4) is 5.75 Å². The van der Waals surface area contributed by atoms with Crippen LogP contribution in [0, 0.1) is 6.92 Å². The Labute approximate surface area is 160 Å². The Bertz CT molecular complexity index is 867. The van der Waals surface area contributed by atoms with E-state index in [9.17, 15) is 4.79 Å². The summed E-state index contributed by atoms with van der Waals surface area (Å²) in [5.41, 5.74) is 3.07. The summed E-state index contributed by atoms with van der Waals surface area (Å²) < 4.78 is 7.23. The molecule has 1 N–H and O–H groups in total. The third-order valence-corrected chi connectivity index (χ3v) is 4.58. The van der Waals surface area contributed by atoms with Gasteiger partial charge in [-0.1, -0.05) is 24.3 Å². The minimum atomic E-state index is -0.0323. The fourth-order valence-electron chi connectivity index (χ4n) is 2.92. The number of imidazole rings is 1. The van der Waals surface area contributed by atoms with Crippen LogP contribution in [0.15, 0.2) is 60.9 Å². The van der Waals surface area contributed by atoms with E-state index in [0.29, 0.717) is 12.1 Å². The molecule has 0 unspecified atom stereocenters. The Kier molecular flexibility index (Phi) is 6.26. The minimum Gasteiger partial charge on any atom is -0.497 e. The van der Waals surface area contributed by atoms with Gasteiger partial charge in [0.15, 0.2) is 0 Å². The van der Waals surface area contributed by atoms with Gasteiger partial charge in [-0.15, -0.1) is 0 Å². The maximum Gasteiger partial charge on any atom is 0.251 e. The Morgan fingerprint density at radius 2 is 1.78 bits per heavy atom. The van der Waals surface area contributed by atoms with E-state index in [4.69, 9.17) is 4.74 Å². The van der Waals surface area contributed by atoms with E-state index in [0.717, 1.165) is 36.5 Å². The van der Waals surface area contributed by atoms with E-state index < -0.39 is 0 Å². The smallest absolute Gasteiger partial charge is 0.251 e. The highest BCUT2D eigenvalue weighted by Crippen LogP contribution is 2.12. The first kappa shape index (κ1) is 18.7. The highest BCUT2D eigenvalue weighted by Gasteiger charge is 2.06. The second-order valence-electron chi connectivity index (χ2n) is 6.51.